The fourth-order valence-electron chi connectivity index (χ4n) is 5.03. The number of carbonyl (C=O) groups excluding carboxylic acids is 1. The molecule has 2 aromatic rings. The van der Waals surface area contributed by atoms with Crippen LogP contribution in [0.1, 0.15) is 49.4 Å². The van der Waals surface area contributed by atoms with Crippen molar-refractivity contribution in [2.24, 2.45) is 10.8 Å². The number of carbonyl (C=O) groups is 1. The summed E-state index contributed by atoms with van der Waals surface area (Å²) in [6.45, 7) is 5.52. The molecular weight excluding hydrogens is 377 g/mol. The molecule has 4 atom stereocenters. The fourth-order valence-corrected chi connectivity index (χ4v) is 5.03. The molecule has 4 rings (SSSR count). The molecule has 2 aliphatic heterocycles. The lowest BCUT2D eigenvalue weighted by atomic mass is 9.66. The molecule has 5 heteroatoms. The van der Waals surface area contributed by atoms with Crippen LogP contribution in [0.5, 0.6) is 0 Å². The summed E-state index contributed by atoms with van der Waals surface area (Å²) in [6.07, 6.45) is 3.83. The molecule has 0 bridgehead atoms. The van der Waals surface area contributed by atoms with E-state index in [1.165, 1.54) is 12.1 Å². The van der Waals surface area contributed by atoms with Crippen molar-refractivity contribution < 1.29 is 14.1 Å². The molecule has 0 aliphatic carbocycles. The molecule has 1 fully saturated rings. The zero-order valence-electron chi connectivity index (χ0n) is 17.2. The predicted octanol–water partition coefficient (Wildman–Crippen LogP) is 3.55. The number of nitriles is 2. The maximum absolute atomic E-state index is 14.2. The van der Waals surface area contributed by atoms with E-state index in [0.717, 1.165) is 16.0 Å². The van der Waals surface area contributed by atoms with Crippen LogP contribution in [0.2, 0.25) is 0 Å². The highest BCUT2D eigenvalue weighted by atomic mass is 19.1. The van der Waals surface area contributed by atoms with E-state index >= 15 is 0 Å². The van der Waals surface area contributed by atoms with Crippen molar-refractivity contribution in [3.8, 4) is 12.1 Å². The molecule has 0 amide bonds. The molecule has 2 heterocycles. The molecule has 0 aromatic heterocycles. The molecule has 0 spiro atoms. The van der Waals surface area contributed by atoms with Crippen LogP contribution in [0, 0.1) is 39.3 Å². The number of ketones is 1. The molecule has 2 aromatic carbocycles. The fraction of sp³-hybridized carbons (Fsp3) is 0.320. The second-order valence-corrected chi connectivity index (χ2v) is 9.11. The quantitative estimate of drug-likeness (QED) is 0.838. The number of nitrogens with one attached hydrogen (secondary N) is 1. The normalized spacial score (nSPS) is 26.2. The number of nitrogens with zero attached hydrogens (tertiary/aromatic N) is 2. The Morgan fingerprint density at radius 2 is 1.80 bits per heavy atom. The highest BCUT2D eigenvalue weighted by Gasteiger charge is 2.68. The number of rotatable bonds is 2. The lowest BCUT2D eigenvalue weighted by molar-refractivity contribution is -0.885. The van der Waals surface area contributed by atoms with Crippen LogP contribution in [0.4, 0.5) is 4.39 Å². The van der Waals surface area contributed by atoms with Crippen LogP contribution in [0.25, 0.3) is 6.08 Å². The van der Waals surface area contributed by atoms with Gasteiger partial charge in [0.05, 0.1) is 24.3 Å². The van der Waals surface area contributed by atoms with E-state index in [0.29, 0.717) is 5.56 Å². The molecule has 30 heavy (non-hydrogen) atoms. The van der Waals surface area contributed by atoms with E-state index in [2.05, 4.69) is 12.1 Å². The van der Waals surface area contributed by atoms with Crippen molar-refractivity contribution >= 4 is 11.9 Å². The number of halogens is 1. The maximum Gasteiger partial charge on any atom is 0.212 e. The summed E-state index contributed by atoms with van der Waals surface area (Å²) in [4.78, 5) is 14.4. The topological polar surface area (TPSA) is 69.1 Å². The largest absolute Gasteiger partial charge is 0.292 e. The van der Waals surface area contributed by atoms with E-state index in [1.807, 2.05) is 57.3 Å². The zero-order chi connectivity index (χ0) is 21.7. The third-order valence-electron chi connectivity index (χ3n) is 6.33. The van der Waals surface area contributed by atoms with Crippen molar-refractivity contribution in [2.45, 2.75) is 38.8 Å². The van der Waals surface area contributed by atoms with Gasteiger partial charge in [0.2, 0.25) is 5.41 Å². The molecule has 4 nitrogen and oxygen atoms in total. The molecule has 1 unspecified atom stereocenters. The zero-order valence-corrected chi connectivity index (χ0v) is 17.2. The van der Waals surface area contributed by atoms with Crippen molar-refractivity contribution in [1.29, 1.82) is 10.5 Å². The Morgan fingerprint density at radius 3 is 2.43 bits per heavy atom. The van der Waals surface area contributed by atoms with Gasteiger partial charge in [-0.1, -0.05) is 57.2 Å². The monoisotopic (exact) mass is 400 g/mol. The molecule has 0 radical (unpaired) electrons. The standard InChI is InChI=1S/C25H22FN3O/c1-24(2,3)23(30)21-20(17-8-6-9-18(26)13-17)25(14-27,15-28)22-19-10-5-4-7-16(19)11-12-29(21)22/h4-13,20-22H,1-3H3/p+1/t20-,21+,22+/m0/s1. The van der Waals surface area contributed by atoms with Crippen LogP contribution in [0.3, 0.4) is 0 Å². The first kappa shape index (κ1) is 20.0. The lowest BCUT2D eigenvalue weighted by Crippen LogP contribution is -3.12. The van der Waals surface area contributed by atoms with E-state index in [9.17, 15) is 19.7 Å². The minimum absolute atomic E-state index is 0.0480. The molecule has 150 valence electrons. The van der Waals surface area contributed by atoms with E-state index in [-0.39, 0.29) is 5.78 Å². The van der Waals surface area contributed by atoms with Crippen molar-refractivity contribution in [1.82, 2.24) is 0 Å². The third kappa shape index (κ3) is 2.78. The molecule has 2 aliphatic rings. The summed E-state index contributed by atoms with van der Waals surface area (Å²) in [7, 11) is 0. The number of Topliss-reactive ketones (excluding diaryl/α,β-unsaturated/α-hetero) is 1. The van der Waals surface area contributed by atoms with Crippen molar-refractivity contribution in [2.75, 3.05) is 0 Å². The smallest absolute Gasteiger partial charge is 0.212 e. The Balaban J connectivity index is 2.03. The predicted molar refractivity (Wildman–Crippen MR) is 110 cm³/mol. The van der Waals surface area contributed by atoms with Crippen LogP contribution in [-0.4, -0.2) is 11.8 Å². The number of hydrogen-bond acceptors (Lipinski definition) is 3. The number of quaternary nitrogens is 1. The van der Waals surface area contributed by atoms with Gasteiger partial charge in [-0.3, -0.25) is 9.69 Å². The van der Waals surface area contributed by atoms with Gasteiger partial charge in [-0.2, -0.15) is 10.5 Å². The van der Waals surface area contributed by atoms with Gasteiger partial charge in [0.25, 0.3) is 0 Å². The number of benzene rings is 2. The summed E-state index contributed by atoms with van der Waals surface area (Å²) in [5, 5.41) is 20.7. The molecule has 1 N–H and O–H groups in total. The first-order valence-electron chi connectivity index (χ1n) is 10.0. The Kier molecular flexibility index (Phi) is 4.60. The van der Waals surface area contributed by atoms with Crippen molar-refractivity contribution in [3.05, 3.63) is 77.2 Å². The second kappa shape index (κ2) is 6.90. The summed E-state index contributed by atoms with van der Waals surface area (Å²) in [5.74, 6) is -1.26. The summed E-state index contributed by atoms with van der Waals surface area (Å²) in [6, 6.07) is 17.0. The number of fused-ring (bicyclic) bond motifs is 3. The van der Waals surface area contributed by atoms with Gasteiger partial charge < -0.3 is 0 Å². The summed E-state index contributed by atoms with van der Waals surface area (Å²) >= 11 is 0. The SMILES string of the molecule is CC(C)(C)C(=O)[C@H]1[C@H](c2cccc(F)c2)C(C#N)(C#N)[C@H]2c3ccccc3C=C[NH+]12. The Bertz CT molecular complexity index is 1120. The van der Waals surface area contributed by atoms with Crippen LogP contribution < -0.4 is 4.90 Å². The van der Waals surface area contributed by atoms with Crippen molar-refractivity contribution in [3.63, 3.8) is 0 Å². The molecule has 0 saturated carbocycles. The highest BCUT2D eigenvalue weighted by Crippen LogP contribution is 2.52. The summed E-state index contributed by atoms with van der Waals surface area (Å²) in [5.41, 5.74) is 0.106. The van der Waals surface area contributed by atoms with E-state index < -0.39 is 34.6 Å². The van der Waals surface area contributed by atoms with Gasteiger partial charge in [0.1, 0.15) is 5.82 Å². The third-order valence-corrected chi connectivity index (χ3v) is 6.33. The van der Waals surface area contributed by atoms with Gasteiger partial charge in [0, 0.05) is 11.0 Å². The minimum Gasteiger partial charge on any atom is -0.292 e. The minimum atomic E-state index is -1.52. The first-order chi connectivity index (χ1) is 14.2. The van der Waals surface area contributed by atoms with Gasteiger partial charge in [-0.15, -0.1) is 0 Å². The number of hydrogen-bond donors (Lipinski definition) is 1. The second-order valence-electron chi connectivity index (χ2n) is 9.11. The Morgan fingerprint density at radius 1 is 1.10 bits per heavy atom. The van der Waals surface area contributed by atoms with Crippen LogP contribution in [-0.2, 0) is 4.79 Å². The lowest BCUT2D eigenvalue weighted by Gasteiger charge is -2.31. The van der Waals surface area contributed by atoms with Gasteiger partial charge >= 0.3 is 0 Å². The van der Waals surface area contributed by atoms with E-state index in [1.54, 1.807) is 12.1 Å². The highest BCUT2D eigenvalue weighted by molar-refractivity contribution is 5.89. The van der Waals surface area contributed by atoms with E-state index in [4.69, 9.17) is 0 Å². The first-order valence-corrected chi connectivity index (χ1v) is 10.0. The molecular formula is C25H23FN3O+. The maximum atomic E-state index is 14.2. The average Bonchev–Trinajstić information content (AvgIpc) is 3.03. The summed E-state index contributed by atoms with van der Waals surface area (Å²) < 4.78 is 14.2. The van der Waals surface area contributed by atoms with Gasteiger partial charge in [0.15, 0.2) is 17.9 Å². The van der Waals surface area contributed by atoms with Gasteiger partial charge in [-0.25, -0.2) is 4.39 Å². The Labute approximate surface area is 175 Å². The van der Waals surface area contributed by atoms with Crippen LogP contribution >= 0.6 is 0 Å². The Hall–Kier alpha value is -3.28. The average molecular weight is 400 g/mol. The molecule has 1 saturated heterocycles. The van der Waals surface area contributed by atoms with Crippen LogP contribution in [0.15, 0.2) is 54.7 Å². The van der Waals surface area contributed by atoms with Gasteiger partial charge in [-0.05, 0) is 29.3 Å².